The molecule has 0 radical (unpaired) electrons. The van der Waals surface area contributed by atoms with Crippen molar-refractivity contribution >= 4 is 50.6 Å². The second kappa shape index (κ2) is 9.68. The summed E-state index contributed by atoms with van der Waals surface area (Å²) in [5.41, 5.74) is 0.586. The maximum atomic E-state index is 12.9. The van der Waals surface area contributed by atoms with Crippen LogP contribution in [0.15, 0.2) is 45.8 Å². The summed E-state index contributed by atoms with van der Waals surface area (Å²) in [7, 11) is 1.47. The van der Waals surface area contributed by atoms with Crippen molar-refractivity contribution in [2.24, 2.45) is 0 Å². The lowest BCUT2D eigenvalue weighted by Gasteiger charge is -2.13. The summed E-state index contributed by atoms with van der Waals surface area (Å²) in [4.78, 5) is 37.2. The van der Waals surface area contributed by atoms with Gasteiger partial charge in [0.25, 0.3) is 16.8 Å². The number of nitro benzene ring substituents is 1. The van der Waals surface area contributed by atoms with Gasteiger partial charge in [-0.1, -0.05) is 40.0 Å². The number of rotatable bonds is 7. The molecule has 0 bridgehead atoms. The lowest BCUT2D eigenvalue weighted by atomic mass is 10.1. The molecule has 1 heterocycles. The van der Waals surface area contributed by atoms with Crippen molar-refractivity contribution < 1.29 is 24.0 Å². The van der Waals surface area contributed by atoms with Crippen molar-refractivity contribution in [2.45, 2.75) is 6.54 Å². The first kappa shape index (κ1) is 22.4. The number of para-hydroxylation sites is 1. The zero-order chi connectivity index (χ0) is 22.5. The lowest BCUT2D eigenvalue weighted by Crippen LogP contribution is -2.27. The first-order valence-electron chi connectivity index (χ1n) is 8.77. The van der Waals surface area contributed by atoms with E-state index in [1.807, 2.05) is 0 Å². The quantitative estimate of drug-likeness (QED) is 0.235. The van der Waals surface area contributed by atoms with Crippen LogP contribution in [-0.4, -0.2) is 34.7 Å². The molecule has 0 spiro atoms. The van der Waals surface area contributed by atoms with Gasteiger partial charge in [0.2, 0.25) is 0 Å². The molecular weight excluding hydrogens is 488 g/mol. The van der Waals surface area contributed by atoms with Gasteiger partial charge >= 0.3 is 0 Å². The Morgan fingerprint density at radius 2 is 2.06 bits per heavy atom. The number of benzene rings is 2. The molecule has 1 fully saturated rings. The number of nitro groups is 1. The van der Waals surface area contributed by atoms with E-state index in [1.165, 1.54) is 31.4 Å². The predicted octanol–water partition coefficient (Wildman–Crippen LogP) is 4.61. The van der Waals surface area contributed by atoms with Crippen molar-refractivity contribution in [1.82, 2.24) is 4.90 Å². The van der Waals surface area contributed by atoms with Crippen LogP contribution in [0.2, 0.25) is 0 Å². The average Bonchev–Trinajstić information content (AvgIpc) is 3.00. The molecule has 0 aliphatic carbocycles. The standard InChI is InChI=1S/C21H15BrN2O6S/c1-3-8-30-19-14(9-15(22)11-17(19)29-2)10-18-20(25)23(21(26)31-18)12-13-6-4-5-7-16(13)24(27)28/h1,4-7,9-11H,8,12H2,2H3/b18-10-. The van der Waals surface area contributed by atoms with E-state index in [9.17, 15) is 19.7 Å². The average molecular weight is 503 g/mol. The van der Waals surface area contributed by atoms with Gasteiger partial charge in [-0.25, -0.2) is 0 Å². The summed E-state index contributed by atoms with van der Waals surface area (Å²) in [5.74, 6) is 2.53. The molecule has 3 rings (SSSR count). The molecule has 0 aromatic heterocycles. The molecule has 2 amide bonds. The lowest BCUT2D eigenvalue weighted by molar-refractivity contribution is -0.385. The third-order valence-corrected chi connectivity index (χ3v) is 5.61. The molecule has 2 aromatic rings. The molecule has 8 nitrogen and oxygen atoms in total. The third-order valence-electron chi connectivity index (χ3n) is 4.25. The fourth-order valence-corrected chi connectivity index (χ4v) is 4.17. The Morgan fingerprint density at radius 3 is 2.74 bits per heavy atom. The van der Waals surface area contributed by atoms with Crippen LogP contribution < -0.4 is 9.47 Å². The van der Waals surface area contributed by atoms with E-state index in [4.69, 9.17) is 15.9 Å². The third kappa shape index (κ3) is 4.90. The molecule has 1 saturated heterocycles. The minimum Gasteiger partial charge on any atom is -0.493 e. The smallest absolute Gasteiger partial charge is 0.293 e. The number of ether oxygens (including phenoxy) is 2. The summed E-state index contributed by atoms with van der Waals surface area (Å²) in [6, 6.07) is 9.35. The largest absolute Gasteiger partial charge is 0.493 e. The van der Waals surface area contributed by atoms with E-state index in [1.54, 1.807) is 18.2 Å². The number of thioether (sulfide) groups is 1. The number of hydrogen-bond donors (Lipinski definition) is 0. The Labute approximate surface area is 190 Å². The molecule has 2 aromatic carbocycles. The molecule has 10 heteroatoms. The van der Waals surface area contributed by atoms with Gasteiger partial charge in [0.1, 0.15) is 6.61 Å². The highest BCUT2D eigenvalue weighted by Crippen LogP contribution is 2.40. The van der Waals surface area contributed by atoms with Crippen molar-refractivity contribution in [2.75, 3.05) is 13.7 Å². The molecule has 0 unspecified atom stereocenters. The van der Waals surface area contributed by atoms with Crippen LogP contribution in [0.25, 0.3) is 6.08 Å². The molecular formula is C21H15BrN2O6S. The summed E-state index contributed by atoms with van der Waals surface area (Å²) in [6.07, 6.45) is 6.78. The van der Waals surface area contributed by atoms with Gasteiger partial charge in [0.05, 0.1) is 23.5 Å². The molecule has 1 aliphatic rings. The summed E-state index contributed by atoms with van der Waals surface area (Å²) in [5, 5.41) is 10.7. The highest BCUT2D eigenvalue weighted by Gasteiger charge is 2.36. The number of amides is 2. The number of halogens is 1. The van der Waals surface area contributed by atoms with E-state index in [0.717, 1.165) is 16.7 Å². The molecule has 31 heavy (non-hydrogen) atoms. The number of terminal acetylenes is 1. The minimum absolute atomic E-state index is 0.0159. The Kier molecular flexibility index (Phi) is 6.99. The highest BCUT2D eigenvalue weighted by molar-refractivity contribution is 9.10. The van der Waals surface area contributed by atoms with Crippen molar-refractivity contribution in [3.8, 4) is 23.8 Å². The monoisotopic (exact) mass is 502 g/mol. The minimum atomic E-state index is -0.560. The molecule has 158 valence electrons. The second-order valence-electron chi connectivity index (χ2n) is 6.17. The summed E-state index contributed by atoms with van der Waals surface area (Å²) >= 11 is 4.11. The van der Waals surface area contributed by atoms with Gasteiger partial charge in [0.15, 0.2) is 11.5 Å². The van der Waals surface area contributed by atoms with E-state index in [0.29, 0.717) is 21.5 Å². The van der Waals surface area contributed by atoms with Gasteiger partial charge in [-0.05, 0) is 30.0 Å². The first-order chi connectivity index (χ1) is 14.8. The fraction of sp³-hybridized carbons (Fsp3) is 0.143. The van der Waals surface area contributed by atoms with Gasteiger partial charge in [-0.15, -0.1) is 6.42 Å². The van der Waals surface area contributed by atoms with Crippen LogP contribution in [0, 0.1) is 22.5 Å². The SMILES string of the molecule is C#CCOc1c(/C=C2\SC(=O)N(Cc3ccccc3[N+](=O)[O-])C2=O)cc(Br)cc1OC. The van der Waals surface area contributed by atoms with Crippen LogP contribution in [0.3, 0.4) is 0 Å². The Bertz CT molecular complexity index is 1140. The van der Waals surface area contributed by atoms with E-state index < -0.39 is 16.1 Å². The van der Waals surface area contributed by atoms with Gasteiger partial charge in [-0.3, -0.25) is 24.6 Å². The van der Waals surface area contributed by atoms with E-state index >= 15 is 0 Å². The topological polar surface area (TPSA) is 99.0 Å². The molecule has 0 atom stereocenters. The number of nitrogens with zero attached hydrogens (tertiary/aromatic N) is 2. The van der Waals surface area contributed by atoms with Crippen molar-refractivity contribution in [1.29, 1.82) is 0 Å². The normalized spacial score (nSPS) is 14.6. The van der Waals surface area contributed by atoms with Crippen LogP contribution in [0.1, 0.15) is 11.1 Å². The van der Waals surface area contributed by atoms with E-state index in [2.05, 4.69) is 21.9 Å². The highest BCUT2D eigenvalue weighted by atomic mass is 79.9. The number of carbonyl (C=O) groups excluding carboxylic acids is 2. The summed E-state index contributed by atoms with van der Waals surface area (Å²) < 4.78 is 11.6. The fourth-order valence-electron chi connectivity index (χ4n) is 2.89. The van der Waals surface area contributed by atoms with Crippen molar-refractivity contribution in [3.05, 3.63) is 67.0 Å². The van der Waals surface area contributed by atoms with E-state index in [-0.39, 0.29) is 29.3 Å². The summed E-state index contributed by atoms with van der Waals surface area (Å²) in [6.45, 7) is -0.223. The molecule has 0 saturated carbocycles. The van der Waals surface area contributed by atoms with Crippen LogP contribution in [-0.2, 0) is 11.3 Å². The number of carbonyl (C=O) groups is 2. The first-order valence-corrected chi connectivity index (χ1v) is 10.4. The van der Waals surface area contributed by atoms with Gasteiger partial charge < -0.3 is 9.47 Å². The molecule has 1 aliphatic heterocycles. The zero-order valence-electron chi connectivity index (χ0n) is 16.2. The number of hydrogen-bond acceptors (Lipinski definition) is 7. The van der Waals surface area contributed by atoms with Crippen LogP contribution in [0.4, 0.5) is 10.5 Å². The number of imide groups is 1. The second-order valence-corrected chi connectivity index (χ2v) is 8.08. The van der Waals surface area contributed by atoms with Gasteiger partial charge in [-0.2, -0.15) is 0 Å². The molecule has 0 N–H and O–H groups in total. The van der Waals surface area contributed by atoms with Gasteiger partial charge in [0, 0.05) is 21.7 Å². The Morgan fingerprint density at radius 1 is 1.32 bits per heavy atom. The Hall–Kier alpha value is -3.29. The maximum Gasteiger partial charge on any atom is 0.293 e. The Balaban J connectivity index is 1.95. The van der Waals surface area contributed by atoms with Crippen LogP contribution >= 0.6 is 27.7 Å². The van der Waals surface area contributed by atoms with Crippen molar-refractivity contribution in [3.63, 3.8) is 0 Å². The number of methoxy groups -OCH3 is 1. The van der Waals surface area contributed by atoms with Crippen LogP contribution in [0.5, 0.6) is 11.5 Å². The maximum absolute atomic E-state index is 12.9. The zero-order valence-corrected chi connectivity index (χ0v) is 18.6. The predicted molar refractivity (Wildman–Crippen MR) is 120 cm³/mol.